The molecule has 0 spiro atoms. The molecule has 80 valence electrons. The molecule has 1 aromatic carbocycles. The lowest BCUT2D eigenvalue weighted by atomic mass is 9.98. The molecule has 0 aliphatic heterocycles. The fraction of sp³-hybridized carbons (Fsp3) is 0.385. The van der Waals surface area contributed by atoms with E-state index in [-0.39, 0.29) is 6.04 Å². The van der Waals surface area contributed by atoms with Crippen LogP contribution in [0.15, 0.2) is 34.7 Å². The maximum atomic E-state index is 6.12. The van der Waals surface area contributed by atoms with E-state index in [2.05, 4.69) is 13.8 Å². The van der Waals surface area contributed by atoms with Gasteiger partial charge in [-0.2, -0.15) is 0 Å². The number of hydrogen-bond acceptors (Lipinski definition) is 2. The first-order valence-corrected chi connectivity index (χ1v) is 5.46. The summed E-state index contributed by atoms with van der Waals surface area (Å²) in [7, 11) is 0. The lowest BCUT2D eigenvalue weighted by molar-refractivity contribution is 0.388. The minimum absolute atomic E-state index is 0.00222. The van der Waals surface area contributed by atoms with Gasteiger partial charge in [-0.05, 0) is 18.1 Å². The first-order valence-electron chi connectivity index (χ1n) is 5.46. The summed E-state index contributed by atoms with van der Waals surface area (Å²) >= 11 is 0. The normalized spacial score (nSPS) is 15.4. The second kappa shape index (κ2) is 4.07. The monoisotopic (exact) mass is 203 g/mol. The van der Waals surface area contributed by atoms with Gasteiger partial charge in [0.1, 0.15) is 11.3 Å². The van der Waals surface area contributed by atoms with Crippen LogP contribution in [0.5, 0.6) is 0 Å². The molecule has 0 fully saturated rings. The molecule has 0 radical (unpaired) electrons. The fourth-order valence-corrected chi connectivity index (χ4v) is 1.70. The van der Waals surface area contributed by atoms with Crippen LogP contribution in [0, 0.1) is 5.92 Å². The Kier molecular flexibility index (Phi) is 2.78. The smallest absolute Gasteiger partial charge is 0.134 e. The van der Waals surface area contributed by atoms with Crippen molar-refractivity contribution in [1.29, 1.82) is 0 Å². The average Bonchev–Trinajstić information content (AvgIpc) is 2.70. The van der Waals surface area contributed by atoms with Crippen LogP contribution in [-0.2, 0) is 0 Å². The van der Waals surface area contributed by atoms with Gasteiger partial charge in [0.25, 0.3) is 0 Å². The van der Waals surface area contributed by atoms with Gasteiger partial charge < -0.3 is 10.2 Å². The zero-order valence-corrected chi connectivity index (χ0v) is 9.23. The van der Waals surface area contributed by atoms with Crippen LogP contribution < -0.4 is 5.73 Å². The Morgan fingerprint density at radius 1 is 1.33 bits per heavy atom. The van der Waals surface area contributed by atoms with Crippen molar-refractivity contribution in [3.63, 3.8) is 0 Å². The van der Waals surface area contributed by atoms with E-state index in [0.29, 0.717) is 5.92 Å². The van der Waals surface area contributed by atoms with E-state index in [1.165, 1.54) is 0 Å². The third kappa shape index (κ3) is 1.90. The minimum atomic E-state index is 0.00222. The summed E-state index contributed by atoms with van der Waals surface area (Å²) in [5.74, 6) is 1.34. The Morgan fingerprint density at radius 2 is 2.07 bits per heavy atom. The molecule has 2 rings (SSSR count). The summed E-state index contributed by atoms with van der Waals surface area (Å²) in [6, 6.07) is 10.1. The lowest BCUT2D eigenvalue weighted by Crippen LogP contribution is -2.17. The second-order valence-electron chi connectivity index (χ2n) is 4.10. The standard InChI is InChI=1S/C13H17NO/c1-3-9(2)13(14)12-8-10-6-4-5-7-11(10)15-12/h4-9,13H,3,14H2,1-2H3. The van der Waals surface area contributed by atoms with Crippen molar-refractivity contribution in [3.05, 3.63) is 36.1 Å². The van der Waals surface area contributed by atoms with Gasteiger partial charge in [0, 0.05) is 5.39 Å². The fourth-order valence-electron chi connectivity index (χ4n) is 1.70. The number of rotatable bonds is 3. The van der Waals surface area contributed by atoms with Crippen molar-refractivity contribution in [2.24, 2.45) is 11.7 Å². The van der Waals surface area contributed by atoms with Gasteiger partial charge in [0.15, 0.2) is 0 Å². The molecule has 0 saturated carbocycles. The molecule has 15 heavy (non-hydrogen) atoms. The van der Waals surface area contributed by atoms with Crippen molar-refractivity contribution in [2.75, 3.05) is 0 Å². The summed E-state index contributed by atoms with van der Waals surface area (Å²) < 4.78 is 5.73. The predicted octanol–water partition coefficient (Wildman–Crippen LogP) is 3.48. The quantitative estimate of drug-likeness (QED) is 0.829. The zero-order valence-electron chi connectivity index (χ0n) is 9.23. The van der Waals surface area contributed by atoms with E-state index in [4.69, 9.17) is 10.2 Å². The molecule has 0 saturated heterocycles. The molecule has 0 aliphatic carbocycles. The summed E-state index contributed by atoms with van der Waals surface area (Å²) in [5.41, 5.74) is 7.04. The van der Waals surface area contributed by atoms with E-state index in [9.17, 15) is 0 Å². The van der Waals surface area contributed by atoms with Crippen LogP contribution >= 0.6 is 0 Å². The van der Waals surface area contributed by atoms with Gasteiger partial charge in [0.05, 0.1) is 6.04 Å². The van der Waals surface area contributed by atoms with Crippen molar-refractivity contribution >= 4 is 11.0 Å². The zero-order chi connectivity index (χ0) is 10.8. The molecule has 2 atom stereocenters. The summed E-state index contributed by atoms with van der Waals surface area (Å²) in [6.07, 6.45) is 1.07. The second-order valence-corrected chi connectivity index (χ2v) is 4.10. The van der Waals surface area contributed by atoms with E-state index < -0.39 is 0 Å². The van der Waals surface area contributed by atoms with E-state index in [0.717, 1.165) is 23.2 Å². The van der Waals surface area contributed by atoms with Gasteiger partial charge >= 0.3 is 0 Å². The maximum Gasteiger partial charge on any atom is 0.134 e. The van der Waals surface area contributed by atoms with Crippen LogP contribution in [-0.4, -0.2) is 0 Å². The minimum Gasteiger partial charge on any atom is -0.459 e. The number of nitrogens with two attached hydrogens (primary N) is 1. The van der Waals surface area contributed by atoms with Gasteiger partial charge in [0.2, 0.25) is 0 Å². The highest BCUT2D eigenvalue weighted by molar-refractivity contribution is 5.77. The van der Waals surface area contributed by atoms with Crippen LogP contribution in [0.4, 0.5) is 0 Å². The first kappa shape index (κ1) is 10.2. The van der Waals surface area contributed by atoms with Gasteiger partial charge in [-0.3, -0.25) is 0 Å². The van der Waals surface area contributed by atoms with Crippen molar-refractivity contribution in [2.45, 2.75) is 26.3 Å². The topological polar surface area (TPSA) is 39.2 Å². The summed E-state index contributed by atoms with van der Waals surface area (Å²) in [6.45, 7) is 4.30. The predicted molar refractivity (Wildman–Crippen MR) is 62.6 cm³/mol. The van der Waals surface area contributed by atoms with E-state index in [1.54, 1.807) is 0 Å². The van der Waals surface area contributed by atoms with E-state index >= 15 is 0 Å². The number of fused-ring (bicyclic) bond motifs is 1. The Hall–Kier alpha value is -1.28. The molecule has 0 amide bonds. The molecule has 2 N–H and O–H groups in total. The summed E-state index contributed by atoms with van der Waals surface area (Å²) in [4.78, 5) is 0. The van der Waals surface area contributed by atoms with E-state index in [1.807, 2.05) is 30.3 Å². The molecule has 2 unspecified atom stereocenters. The SMILES string of the molecule is CCC(C)C(N)c1cc2ccccc2o1. The Labute approximate surface area is 90.1 Å². The lowest BCUT2D eigenvalue weighted by Gasteiger charge is -2.15. The molecular weight excluding hydrogens is 186 g/mol. The Bertz CT molecular complexity index is 413. The average molecular weight is 203 g/mol. The molecular formula is C13H17NO. The third-order valence-electron chi connectivity index (χ3n) is 3.03. The van der Waals surface area contributed by atoms with Crippen molar-refractivity contribution in [3.8, 4) is 0 Å². The molecule has 1 heterocycles. The maximum absolute atomic E-state index is 6.12. The Morgan fingerprint density at radius 3 is 2.73 bits per heavy atom. The highest BCUT2D eigenvalue weighted by Gasteiger charge is 2.17. The third-order valence-corrected chi connectivity index (χ3v) is 3.03. The van der Waals surface area contributed by atoms with Crippen LogP contribution in [0.3, 0.4) is 0 Å². The van der Waals surface area contributed by atoms with Gasteiger partial charge in [-0.25, -0.2) is 0 Å². The largest absolute Gasteiger partial charge is 0.459 e. The molecule has 2 nitrogen and oxygen atoms in total. The first-order chi connectivity index (χ1) is 7.22. The molecule has 0 aliphatic rings. The number of hydrogen-bond donors (Lipinski definition) is 1. The number of benzene rings is 1. The van der Waals surface area contributed by atoms with Crippen molar-refractivity contribution in [1.82, 2.24) is 0 Å². The highest BCUT2D eigenvalue weighted by Crippen LogP contribution is 2.27. The Balaban J connectivity index is 2.36. The van der Waals surface area contributed by atoms with Crippen LogP contribution in [0.2, 0.25) is 0 Å². The number of furan rings is 1. The van der Waals surface area contributed by atoms with Gasteiger partial charge in [-0.15, -0.1) is 0 Å². The van der Waals surface area contributed by atoms with Gasteiger partial charge in [-0.1, -0.05) is 38.5 Å². The molecule has 2 heteroatoms. The van der Waals surface area contributed by atoms with Crippen LogP contribution in [0.25, 0.3) is 11.0 Å². The van der Waals surface area contributed by atoms with Crippen LogP contribution in [0.1, 0.15) is 32.1 Å². The summed E-state index contributed by atoms with van der Waals surface area (Å²) in [5, 5.41) is 1.13. The molecule has 1 aromatic heterocycles. The van der Waals surface area contributed by atoms with Crippen molar-refractivity contribution < 1.29 is 4.42 Å². The molecule has 2 aromatic rings. The molecule has 0 bridgehead atoms. The number of para-hydroxylation sites is 1. The highest BCUT2D eigenvalue weighted by atomic mass is 16.3.